The second kappa shape index (κ2) is 10.0. The van der Waals surface area contributed by atoms with E-state index in [1.54, 1.807) is 30.0 Å². The van der Waals surface area contributed by atoms with Crippen molar-refractivity contribution in [2.75, 3.05) is 25.5 Å². The number of hydrogen-bond acceptors (Lipinski definition) is 4. The van der Waals surface area contributed by atoms with Gasteiger partial charge in [-0.05, 0) is 32.0 Å². The van der Waals surface area contributed by atoms with E-state index in [-0.39, 0.29) is 24.9 Å². The molecule has 0 saturated carbocycles. The predicted molar refractivity (Wildman–Crippen MR) is 87.8 cm³/mol. The summed E-state index contributed by atoms with van der Waals surface area (Å²) < 4.78 is 5.18. The summed E-state index contributed by atoms with van der Waals surface area (Å²) in [6.45, 7) is 4.03. The number of benzene rings is 1. The molecule has 1 unspecified atom stereocenters. The van der Waals surface area contributed by atoms with Crippen LogP contribution in [0.1, 0.15) is 20.3 Å². The van der Waals surface area contributed by atoms with E-state index in [9.17, 15) is 9.59 Å². The van der Waals surface area contributed by atoms with Crippen molar-refractivity contribution in [3.63, 3.8) is 0 Å². The summed E-state index contributed by atoms with van der Waals surface area (Å²) in [5.41, 5.74) is 0.573. The Hall–Kier alpha value is -1.79. The third-order valence-electron chi connectivity index (χ3n) is 3.14. The van der Waals surface area contributed by atoms with Gasteiger partial charge in [-0.2, -0.15) is 0 Å². The van der Waals surface area contributed by atoms with E-state index >= 15 is 0 Å². The lowest BCUT2D eigenvalue weighted by atomic mass is 10.2. The molecule has 1 rings (SSSR count). The Kier molecular flexibility index (Phi) is 9.21. The van der Waals surface area contributed by atoms with Crippen molar-refractivity contribution < 1.29 is 19.4 Å². The Labute approximate surface area is 136 Å². The molecule has 0 spiro atoms. The SMILES string of the molecule is CCCN(CC(=O)O)C(C)C(=O)Nc1ccccc1OC.Cl. The molecule has 7 heteroatoms. The van der Waals surface area contributed by atoms with Crippen molar-refractivity contribution in [1.82, 2.24) is 4.90 Å². The fourth-order valence-electron chi connectivity index (χ4n) is 2.02. The summed E-state index contributed by atoms with van der Waals surface area (Å²) in [6, 6.07) is 6.56. The number of methoxy groups -OCH3 is 1. The van der Waals surface area contributed by atoms with Crippen LogP contribution in [0.3, 0.4) is 0 Å². The normalized spacial score (nSPS) is 11.5. The van der Waals surface area contributed by atoms with Crippen LogP contribution in [0.25, 0.3) is 0 Å². The number of hydrogen-bond donors (Lipinski definition) is 2. The van der Waals surface area contributed by atoms with Gasteiger partial charge >= 0.3 is 5.97 Å². The number of carboxylic acids is 1. The zero-order valence-electron chi connectivity index (χ0n) is 13.0. The van der Waals surface area contributed by atoms with Gasteiger partial charge in [0.05, 0.1) is 25.4 Å². The number of rotatable bonds is 8. The first kappa shape index (κ1) is 20.2. The van der Waals surface area contributed by atoms with Gasteiger partial charge in [-0.25, -0.2) is 0 Å². The number of nitrogens with one attached hydrogen (secondary N) is 1. The zero-order chi connectivity index (χ0) is 15.8. The lowest BCUT2D eigenvalue weighted by molar-refractivity contribution is -0.139. The summed E-state index contributed by atoms with van der Waals surface area (Å²) in [6.07, 6.45) is 0.777. The van der Waals surface area contributed by atoms with E-state index in [4.69, 9.17) is 9.84 Å². The van der Waals surface area contributed by atoms with Gasteiger partial charge in [0.15, 0.2) is 0 Å². The number of amides is 1. The Morgan fingerprint density at radius 1 is 1.36 bits per heavy atom. The number of carbonyl (C=O) groups excluding carboxylic acids is 1. The molecule has 0 heterocycles. The van der Waals surface area contributed by atoms with Crippen LogP contribution in [0.2, 0.25) is 0 Å². The highest BCUT2D eigenvalue weighted by atomic mass is 35.5. The highest BCUT2D eigenvalue weighted by molar-refractivity contribution is 5.96. The quantitative estimate of drug-likeness (QED) is 0.764. The molecular formula is C15H23ClN2O4. The molecule has 1 amide bonds. The van der Waals surface area contributed by atoms with Crippen molar-refractivity contribution in [3.8, 4) is 5.75 Å². The number of carboxylic acid groups (broad SMARTS) is 1. The van der Waals surface area contributed by atoms with Crippen LogP contribution < -0.4 is 10.1 Å². The molecule has 22 heavy (non-hydrogen) atoms. The van der Waals surface area contributed by atoms with Gasteiger partial charge < -0.3 is 15.2 Å². The molecule has 0 bridgehead atoms. The fraction of sp³-hybridized carbons (Fsp3) is 0.467. The van der Waals surface area contributed by atoms with Gasteiger partial charge in [0, 0.05) is 0 Å². The Balaban J connectivity index is 0.00000441. The smallest absolute Gasteiger partial charge is 0.317 e. The summed E-state index contributed by atoms with van der Waals surface area (Å²) in [5, 5.41) is 11.7. The van der Waals surface area contributed by atoms with E-state index < -0.39 is 12.0 Å². The van der Waals surface area contributed by atoms with Crippen LogP contribution in [-0.2, 0) is 9.59 Å². The van der Waals surface area contributed by atoms with E-state index in [0.717, 1.165) is 6.42 Å². The Morgan fingerprint density at radius 3 is 2.55 bits per heavy atom. The van der Waals surface area contributed by atoms with E-state index in [1.165, 1.54) is 7.11 Å². The maximum Gasteiger partial charge on any atom is 0.317 e. The first-order chi connectivity index (χ1) is 9.99. The number of aliphatic carboxylic acids is 1. The first-order valence-corrected chi connectivity index (χ1v) is 6.89. The first-order valence-electron chi connectivity index (χ1n) is 6.89. The maximum atomic E-state index is 12.3. The van der Waals surface area contributed by atoms with Crippen molar-refractivity contribution in [1.29, 1.82) is 0 Å². The van der Waals surface area contributed by atoms with Gasteiger partial charge in [0.1, 0.15) is 5.75 Å². The zero-order valence-corrected chi connectivity index (χ0v) is 13.9. The Bertz CT molecular complexity index is 496. The van der Waals surface area contributed by atoms with Crippen molar-refractivity contribution in [2.24, 2.45) is 0 Å². The lowest BCUT2D eigenvalue weighted by Crippen LogP contribution is -2.44. The predicted octanol–water partition coefficient (Wildman–Crippen LogP) is 2.24. The monoisotopic (exact) mass is 330 g/mol. The standard InChI is InChI=1S/C15H22N2O4.ClH/c1-4-9-17(10-14(18)19)11(2)15(20)16-12-7-5-6-8-13(12)21-3;/h5-8,11H,4,9-10H2,1-3H3,(H,16,20)(H,18,19);1H. The largest absolute Gasteiger partial charge is 0.495 e. The lowest BCUT2D eigenvalue weighted by Gasteiger charge is -2.26. The summed E-state index contributed by atoms with van der Waals surface area (Å²) in [7, 11) is 1.53. The van der Waals surface area contributed by atoms with E-state index in [0.29, 0.717) is 18.0 Å². The molecule has 0 aliphatic carbocycles. The molecule has 124 valence electrons. The minimum atomic E-state index is -0.944. The van der Waals surface area contributed by atoms with Crippen molar-refractivity contribution in [2.45, 2.75) is 26.3 Å². The number of nitrogens with zero attached hydrogens (tertiary/aromatic N) is 1. The van der Waals surface area contributed by atoms with Crippen LogP contribution >= 0.6 is 12.4 Å². The number of para-hydroxylation sites is 2. The molecule has 0 aromatic heterocycles. The molecule has 2 N–H and O–H groups in total. The minimum absolute atomic E-state index is 0. The molecule has 0 saturated heterocycles. The summed E-state index contributed by atoms with van der Waals surface area (Å²) >= 11 is 0. The van der Waals surface area contributed by atoms with Crippen molar-refractivity contribution in [3.05, 3.63) is 24.3 Å². The second-order valence-corrected chi connectivity index (χ2v) is 4.73. The van der Waals surface area contributed by atoms with Gasteiger partial charge in [0.2, 0.25) is 5.91 Å². The van der Waals surface area contributed by atoms with Gasteiger partial charge in [-0.3, -0.25) is 14.5 Å². The van der Waals surface area contributed by atoms with Crippen LogP contribution in [0.4, 0.5) is 5.69 Å². The fourth-order valence-corrected chi connectivity index (χ4v) is 2.02. The highest BCUT2D eigenvalue weighted by Crippen LogP contribution is 2.23. The molecule has 1 aromatic carbocycles. The summed E-state index contributed by atoms with van der Waals surface area (Å²) in [4.78, 5) is 24.8. The molecule has 1 aromatic rings. The molecule has 0 fully saturated rings. The maximum absolute atomic E-state index is 12.3. The average molecular weight is 331 g/mol. The molecule has 1 atom stereocenters. The van der Waals surface area contributed by atoms with E-state index in [2.05, 4.69) is 5.32 Å². The average Bonchev–Trinajstić information content (AvgIpc) is 2.46. The molecule has 0 radical (unpaired) electrons. The topological polar surface area (TPSA) is 78.9 Å². The van der Waals surface area contributed by atoms with Crippen LogP contribution in [0.15, 0.2) is 24.3 Å². The third-order valence-corrected chi connectivity index (χ3v) is 3.14. The summed E-state index contributed by atoms with van der Waals surface area (Å²) in [5.74, 6) is -0.632. The number of ether oxygens (including phenoxy) is 1. The Morgan fingerprint density at radius 2 is 2.00 bits per heavy atom. The van der Waals surface area contributed by atoms with Crippen molar-refractivity contribution >= 4 is 30.0 Å². The molecule has 0 aliphatic rings. The van der Waals surface area contributed by atoms with E-state index in [1.807, 2.05) is 13.0 Å². The minimum Gasteiger partial charge on any atom is -0.495 e. The molecule has 0 aliphatic heterocycles. The van der Waals surface area contributed by atoms with Crippen LogP contribution in [0.5, 0.6) is 5.75 Å². The van der Waals surface area contributed by atoms with Gasteiger partial charge in [-0.15, -0.1) is 12.4 Å². The highest BCUT2D eigenvalue weighted by Gasteiger charge is 2.23. The van der Waals surface area contributed by atoms with Gasteiger partial charge in [-0.1, -0.05) is 19.1 Å². The van der Waals surface area contributed by atoms with Gasteiger partial charge in [0.25, 0.3) is 0 Å². The van der Waals surface area contributed by atoms with Crippen LogP contribution in [0, 0.1) is 0 Å². The number of carbonyl (C=O) groups is 2. The second-order valence-electron chi connectivity index (χ2n) is 4.73. The van der Waals surface area contributed by atoms with Crippen LogP contribution in [-0.4, -0.2) is 48.1 Å². The molecule has 6 nitrogen and oxygen atoms in total. The number of halogens is 1. The molecular weight excluding hydrogens is 308 g/mol. The number of anilines is 1. The third kappa shape index (κ3) is 5.91.